The van der Waals surface area contributed by atoms with Crippen molar-refractivity contribution in [1.29, 1.82) is 0 Å². The van der Waals surface area contributed by atoms with Gasteiger partial charge in [-0.1, -0.05) is 0 Å². The number of nitrogens with one attached hydrogen (secondary N) is 3. The molecule has 3 N–H and O–H groups in total. The third-order valence-corrected chi connectivity index (χ3v) is 4.83. The molecule has 4 rings (SSSR count). The summed E-state index contributed by atoms with van der Waals surface area (Å²) < 4.78 is 2.03. The molecule has 0 atom stereocenters. The van der Waals surface area contributed by atoms with Crippen molar-refractivity contribution in [2.24, 2.45) is 0 Å². The molecule has 25 heavy (non-hydrogen) atoms. The van der Waals surface area contributed by atoms with E-state index in [9.17, 15) is 4.79 Å². The first-order chi connectivity index (χ1) is 12.1. The van der Waals surface area contributed by atoms with Gasteiger partial charge in [-0.3, -0.25) is 9.48 Å². The van der Waals surface area contributed by atoms with Gasteiger partial charge in [0.25, 0.3) is 0 Å². The minimum atomic E-state index is -0.0119. The largest absolute Gasteiger partial charge is 0.345 e. The monoisotopic (exact) mass is 338 g/mol. The van der Waals surface area contributed by atoms with Gasteiger partial charge in [-0.05, 0) is 37.1 Å². The molecule has 0 aliphatic carbocycles. The number of carbonyl (C=O) groups excluding carboxylic acids is 1. The minimum absolute atomic E-state index is 0.0119. The van der Waals surface area contributed by atoms with Crippen LogP contribution in [0, 0.1) is 13.8 Å². The number of nitrogens with zero attached hydrogens (tertiary/aromatic N) is 3. The molecular weight excluding hydrogens is 316 g/mol. The van der Waals surface area contributed by atoms with Gasteiger partial charge in [0.15, 0.2) is 0 Å². The van der Waals surface area contributed by atoms with Gasteiger partial charge in [-0.25, -0.2) is 4.98 Å². The fraction of sp³-hybridized carbons (Fsp3) is 0.389. The Morgan fingerprint density at radius 3 is 3.08 bits per heavy atom. The average Bonchev–Trinajstić information content (AvgIpc) is 3.23. The van der Waals surface area contributed by atoms with Crippen molar-refractivity contribution in [3.05, 3.63) is 41.0 Å². The molecule has 0 saturated heterocycles. The quantitative estimate of drug-likeness (QED) is 0.679. The number of fused-ring (bicyclic) bond motifs is 2. The van der Waals surface area contributed by atoms with Gasteiger partial charge in [0.1, 0.15) is 5.52 Å². The molecule has 1 aliphatic rings. The van der Waals surface area contributed by atoms with Crippen molar-refractivity contribution >= 4 is 22.6 Å². The van der Waals surface area contributed by atoms with E-state index in [2.05, 4.69) is 37.8 Å². The molecule has 1 amide bonds. The Bertz CT molecular complexity index is 915. The summed E-state index contributed by atoms with van der Waals surface area (Å²) in [4.78, 5) is 19.9. The number of benzene rings is 1. The number of imidazole rings is 1. The van der Waals surface area contributed by atoms with Crippen LogP contribution >= 0.6 is 0 Å². The molecule has 7 heteroatoms. The minimum Gasteiger partial charge on any atom is -0.345 e. The molecule has 0 bridgehead atoms. The summed E-state index contributed by atoms with van der Waals surface area (Å²) in [5.41, 5.74) is 6.88. The van der Waals surface area contributed by atoms with Crippen LogP contribution in [0.5, 0.6) is 0 Å². The first-order valence-corrected chi connectivity index (χ1v) is 8.61. The number of rotatable bonds is 4. The van der Waals surface area contributed by atoms with Crippen LogP contribution in [-0.4, -0.2) is 32.2 Å². The summed E-state index contributed by atoms with van der Waals surface area (Å²) in [5.74, 6) is -0.0119. The van der Waals surface area contributed by atoms with Crippen molar-refractivity contribution in [3.8, 4) is 0 Å². The number of aromatic nitrogens is 4. The van der Waals surface area contributed by atoms with E-state index < -0.39 is 0 Å². The third-order valence-electron chi connectivity index (χ3n) is 4.83. The van der Waals surface area contributed by atoms with Gasteiger partial charge in [0.2, 0.25) is 5.91 Å². The summed E-state index contributed by atoms with van der Waals surface area (Å²) in [7, 11) is 0. The third kappa shape index (κ3) is 3.02. The molecular formula is C18H22N6O. The standard InChI is InChI=1S/C18H22N6O/c1-11-7-15-18(21-10-20-15)17(12(11)2)22-16(25)4-3-13-8-14-9-19-5-6-24(14)23-13/h7-8,10,19H,3-6,9H2,1-2H3,(H,20,21)(H,22,25). The zero-order valence-corrected chi connectivity index (χ0v) is 14.5. The van der Waals surface area contributed by atoms with E-state index in [0.29, 0.717) is 12.8 Å². The highest BCUT2D eigenvalue weighted by atomic mass is 16.1. The Hall–Kier alpha value is -2.67. The van der Waals surface area contributed by atoms with Crippen LogP contribution in [0.25, 0.3) is 11.0 Å². The number of hydrogen-bond donors (Lipinski definition) is 3. The first-order valence-electron chi connectivity index (χ1n) is 8.61. The molecule has 1 aliphatic heterocycles. The number of anilines is 1. The first kappa shape index (κ1) is 15.8. The highest BCUT2D eigenvalue weighted by Gasteiger charge is 2.15. The molecule has 0 spiro atoms. The van der Waals surface area contributed by atoms with Crippen LogP contribution in [0.1, 0.15) is 28.9 Å². The molecule has 3 aromatic rings. The van der Waals surface area contributed by atoms with E-state index in [1.54, 1.807) is 6.33 Å². The molecule has 7 nitrogen and oxygen atoms in total. The van der Waals surface area contributed by atoms with Crippen LogP contribution < -0.4 is 10.6 Å². The second kappa shape index (κ2) is 6.33. The second-order valence-corrected chi connectivity index (χ2v) is 6.57. The summed E-state index contributed by atoms with van der Waals surface area (Å²) >= 11 is 0. The highest BCUT2D eigenvalue weighted by molar-refractivity contribution is 6.01. The van der Waals surface area contributed by atoms with Crippen molar-refractivity contribution < 1.29 is 4.79 Å². The van der Waals surface area contributed by atoms with Gasteiger partial charge in [0.05, 0.1) is 35.5 Å². The van der Waals surface area contributed by atoms with Crippen LogP contribution in [0.4, 0.5) is 5.69 Å². The summed E-state index contributed by atoms with van der Waals surface area (Å²) in [5, 5.41) is 11.0. The molecule has 0 fully saturated rings. The Kier molecular flexibility index (Phi) is 4.01. The predicted octanol–water partition coefficient (Wildman–Crippen LogP) is 2.05. The summed E-state index contributed by atoms with van der Waals surface area (Å²) in [6.07, 6.45) is 2.70. The zero-order chi connectivity index (χ0) is 17.4. The maximum Gasteiger partial charge on any atom is 0.224 e. The predicted molar refractivity (Wildman–Crippen MR) is 96.5 cm³/mol. The van der Waals surface area contributed by atoms with E-state index in [-0.39, 0.29) is 5.91 Å². The molecule has 1 aromatic carbocycles. The van der Waals surface area contributed by atoms with Crippen molar-refractivity contribution in [2.75, 3.05) is 11.9 Å². The lowest BCUT2D eigenvalue weighted by Gasteiger charge is -2.13. The molecule has 130 valence electrons. The maximum absolute atomic E-state index is 12.5. The van der Waals surface area contributed by atoms with E-state index >= 15 is 0 Å². The van der Waals surface area contributed by atoms with E-state index in [1.165, 1.54) is 5.69 Å². The topological polar surface area (TPSA) is 87.6 Å². The lowest BCUT2D eigenvalue weighted by atomic mass is 10.1. The van der Waals surface area contributed by atoms with Crippen molar-refractivity contribution in [1.82, 2.24) is 25.1 Å². The van der Waals surface area contributed by atoms with Gasteiger partial charge in [-0.2, -0.15) is 5.10 Å². The van der Waals surface area contributed by atoms with E-state index in [4.69, 9.17) is 0 Å². The van der Waals surface area contributed by atoms with Gasteiger partial charge >= 0.3 is 0 Å². The number of carbonyl (C=O) groups is 1. The molecule has 0 radical (unpaired) electrons. The SMILES string of the molecule is Cc1cc2[nH]cnc2c(NC(=O)CCc2cc3n(n2)CCNC3)c1C. The molecule has 2 aromatic heterocycles. The van der Waals surface area contributed by atoms with Crippen LogP contribution in [0.15, 0.2) is 18.5 Å². The number of hydrogen-bond acceptors (Lipinski definition) is 4. The van der Waals surface area contributed by atoms with Crippen LogP contribution in [-0.2, 0) is 24.3 Å². The molecule has 0 saturated carbocycles. The lowest BCUT2D eigenvalue weighted by molar-refractivity contribution is -0.116. The fourth-order valence-electron chi connectivity index (χ4n) is 3.28. The highest BCUT2D eigenvalue weighted by Crippen LogP contribution is 2.27. The maximum atomic E-state index is 12.5. The normalized spacial score (nSPS) is 13.8. The van der Waals surface area contributed by atoms with Gasteiger partial charge in [0, 0.05) is 25.9 Å². The lowest BCUT2D eigenvalue weighted by Crippen LogP contribution is -2.28. The fourth-order valence-corrected chi connectivity index (χ4v) is 3.28. The van der Waals surface area contributed by atoms with Crippen molar-refractivity contribution in [2.45, 2.75) is 39.8 Å². The smallest absolute Gasteiger partial charge is 0.224 e. The number of aromatic amines is 1. The Labute approximate surface area is 145 Å². The number of amides is 1. The summed E-state index contributed by atoms with van der Waals surface area (Å²) in [6, 6.07) is 4.14. The average molecular weight is 338 g/mol. The second-order valence-electron chi connectivity index (χ2n) is 6.57. The number of aryl methyl sites for hydroxylation is 2. The van der Waals surface area contributed by atoms with Gasteiger partial charge in [-0.15, -0.1) is 0 Å². The molecule has 3 heterocycles. The zero-order valence-electron chi connectivity index (χ0n) is 14.5. The van der Waals surface area contributed by atoms with E-state index in [1.807, 2.05) is 18.5 Å². The number of H-pyrrole nitrogens is 1. The Morgan fingerprint density at radius 2 is 2.24 bits per heavy atom. The Balaban J connectivity index is 1.47. The Morgan fingerprint density at radius 1 is 1.36 bits per heavy atom. The van der Waals surface area contributed by atoms with Crippen LogP contribution in [0.2, 0.25) is 0 Å². The van der Waals surface area contributed by atoms with E-state index in [0.717, 1.165) is 53.2 Å². The van der Waals surface area contributed by atoms with Crippen LogP contribution in [0.3, 0.4) is 0 Å². The molecule has 0 unspecified atom stereocenters. The summed E-state index contributed by atoms with van der Waals surface area (Å²) in [6.45, 7) is 6.73. The van der Waals surface area contributed by atoms with Crippen molar-refractivity contribution in [3.63, 3.8) is 0 Å². The van der Waals surface area contributed by atoms with Gasteiger partial charge < -0.3 is 15.6 Å².